The van der Waals surface area contributed by atoms with Crippen LogP contribution in [0, 0.1) is 6.92 Å². The zero-order valence-corrected chi connectivity index (χ0v) is 11.6. The van der Waals surface area contributed by atoms with Crippen molar-refractivity contribution in [3.63, 3.8) is 0 Å². The van der Waals surface area contributed by atoms with E-state index in [4.69, 9.17) is 4.74 Å². The lowest BCUT2D eigenvalue weighted by Crippen LogP contribution is -2.29. The Kier molecular flexibility index (Phi) is 4.01. The van der Waals surface area contributed by atoms with Crippen LogP contribution in [0.15, 0.2) is 5.16 Å². The molecule has 0 radical (unpaired) electrons. The first-order chi connectivity index (χ1) is 8.54. The van der Waals surface area contributed by atoms with Crippen LogP contribution in [0.5, 0.6) is 0 Å². The van der Waals surface area contributed by atoms with Crippen LogP contribution in [0.4, 0.5) is 0 Å². The Morgan fingerprint density at radius 2 is 2.17 bits per heavy atom. The Morgan fingerprint density at radius 1 is 1.39 bits per heavy atom. The summed E-state index contributed by atoms with van der Waals surface area (Å²) in [6.07, 6.45) is 2.64. The summed E-state index contributed by atoms with van der Waals surface area (Å²) in [6.45, 7) is 4.84. The smallest absolute Gasteiger partial charge is 0.249 e. The van der Waals surface area contributed by atoms with Gasteiger partial charge in [-0.05, 0) is 33.1 Å². The molecule has 0 amide bonds. The molecule has 0 spiro atoms. The van der Waals surface area contributed by atoms with Crippen LogP contribution in [-0.2, 0) is 21.1 Å². The summed E-state index contributed by atoms with van der Waals surface area (Å²) in [5, 5.41) is 7.70. The molecule has 1 aliphatic heterocycles. The molecule has 1 saturated heterocycles. The summed E-state index contributed by atoms with van der Waals surface area (Å²) in [5.41, 5.74) is 0. The molecule has 0 aromatic carbocycles. The van der Waals surface area contributed by atoms with Gasteiger partial charge in [-0.25, -0.2) is 8.42 Å². The maximum absolute atomic E-state index is 12.3. The van der Waals surface area contributed by atoms with E-state index in [0.29, 0.717) is 19.0 Å². The molecule has 1 atom stereocenters. The Labute approximate surface area is 107 Å². The van der Waals surface area contributed by atoms with Crippen LogP contribution in [0.1, 0.15) is 32.0 Å². The molecule has 102 valence electrons. The summed E-state index contributed by atoms with van der Waals surface area (Å²) in [5.74, 6) is 0.631. The third kappa shape index (κ3) is 2.72. The predicted octanol–water partition coefficient (Wildman–Crippen LogP) is 0.949. The standard InChI is InChI=1S/C11H19N3O3S/c1-3-14-9(2)12-13-11(14)18(15,16)8-10-6-4-5-7-17-10/h10H,3-8H2,1-2H3/t10-/m1/s1. The highest BCUT2D eigenvalue weighted by Crippen LogP contribution is 2.18. The Morgan fingerprint density at radius 3 is 2.78 bits per heavy atom. The lowest BCUT2D eigenvalue weighted by atomic mass is 10.1. The molecular weight excluding hydrogens is 254 g/mol. The Bertz CT molecular complexity index is 504. The van der Waals surface area contributed by atoms with E-state index in [1.54, 1.807) is 11.5 Å². The van der Waals surface area contributed by atoms with Gasteiger partial charge in [-0.2, -0.15) is 0 Å². The average Bonchev–Trinajstić information content (AvgIpc) is 2.72. The molecule has 0 saturated carbocycles. The first-order valence-electron chi connectivity index (χ1n) is 6.28. The number of nitrogens with zero attached hydrogens (tertiary/aromatic N) is 3. The van der Waals surface area contributed by atoms with Gasteiger partial charge in [-0.1, -0.05) is 0 Å². The van der Waals surface area contributed by atoms with Crippen molar-refractivity contribution in [2.45, 2.75) is 50.9 Å². The molecule has 7 heteroatoms. The largest absolute Gasteiger partial charge is 0.377 e. The fourth-order valence-electron chi connectivity index (χ4n) is 2.21. The normalized spacial score (nSPS) is 21.1. The number of hydrogen-bond acceptors (Lipinski definition) is 5. The fourth-order valence-corrected chi connectivity index (χ4v) is 3.88. The fraction of sp³-hybridized carbons (Fsp3) is 0.818. The molecule has 0 bridgehead atoms. The molecule has 0 N–H and O–H groups in total. The Hall–Kier alpha value is -0.950. The number of aromatic nitrogens is 3. The van der Waals surface area contributed by atoms with Crippen molar-refractivity contribution in [3.05, 3.63) is 5.82 Å². The first kappa shape index (κ1) is 13.5. The third-order valence-corrected chi connectivity index (χ3v) is 4.84. The number of aryl methyl sites for hydroxylation is 1. The molecule has 1 fully saturated rings. The van der Waals surface area contributed by atoms with E-state index in [1.165, 1.54) is 0 Å². The molecule has 18 heavy (non-hydrogen) atoms. The number of sulfone groups is 1. The minimum absolute atomic E-state index is 0.00509. The molecule has 2 rings (SSSR count). The predicted molar refractivity (Wildman–Crippen MR) is 66.1 cm³/mol. The lowest BCUT2D eigenvalue weighted by Gasteiger charge is -2.22. The molecule has 2 heterocycles. The van der Waals surface area contributed by atoms with Gasteiger partial charge in [0.05, 0.1) is 11.9 Å². The average molecular weight is 273 g/mol. The maximum atomic E-state index is 12.3. The molecule has 1 aliphatic rings. The second kappa shape index (κ2) is 5.36. The summed E-state index contributed by atoms with van der Waals surface area (Å²) >= 11 is 0. The second-order valence-corrected chi connectivity index (χ2v) is 6.47. The van der Waals surface area contributed by atoms with Gasteiger partial charge in [0, 0.05) is 13.2 Å². The van der Waals surface area contributed by atoms with Crippen molar-refractivity contribution in [1.82, 2.24) is 14.8 Å². The van der Waals surface area contributed by atoms with E-state index >= 15 is 0 Å². The van der Waals surface area contributed by atoms with E-state index in [0.717, 1.165) is 19.3 Å². The van der Waals surface area contributed by atoms with Gasteiger partial charge in [0.2, 0.25) is 15.0 Å². The van der Waals surface area contributed by atoms with E-state index in [9.17, 15) is 8.42 Å². The molecular formula is C11H19N3O3S. The van der Waals surface area contributed by atoms with Crippen LogP contribution < -0.4 is 0 Å². The van der Waals surface area contributed by atoms with Crippen LogP contribution >= 0.6 is 0 Å². The monoisotopic (exact) mass is 273 g/mol. The molecule has 1 aromatic heterocycles. The zero-order chi connectivity index (χ0) is 13.2. The van der Waals surface area contributed by atoms with E-state index < -0.39 is 9.84 Å². The summed E-state index contributed by atoms with van der Waals surface area (Å²) in [6, 6.07) is 0. The van der Waals surface area contributed by atoms with Gasteiger partial charge in [0.15, 0.2) is 0 Å². The quantitative estimate of drug-likeness (QED) is 0.816. The SMILES string of the molecule is CCn1c(C)nnc1S(=O)(=O)C[C@H]1CCCCO1. The second-order valence-electron chi connectivity index (χ2n) is 4.54. The minimum Gasteiger partial charge on any atom is -0.377 e. The third-order valence-electron chi connectivity index (χ3n) is 3.18. The van der Waals surface area contributed by atoms with Gasteiger partial charge in [-0.15, -0.1) is 10.2 Å². The van der Waals surface area contributed by atoms with Gasteiger partial charge in [0.25, 0.3) is 0 Å². The summed E-state index contributed by atoms with van der Waals surface area (Å²) < 4.78 is 31.7. The molecule has 0 unspecified atom stereocenters. The lowest BCUT2D eigenvalue weighted by molar-refractivity contribution is 0.0304. The first-order valence-corrected chi connectivity index (χ1v) is 7.94. The molecule has 0 aliphatic carbocycles. The highest BCUT2D eigenvalue weighted by Gasteiger charge is 2.28. The van der Waals surface area contributed by atoms with Crippen LogP contribution in [-0.4, -0.2) is 41.6 Å². The van der Waals surface area contributed by atoms with Crippen LogP contribution in [0.2, 0.25) is 0 Å². The van der Waals surface area contributed by atoms with Crippen LogP contribution in [0.25, 0.3) is 0 Å². The van der Waals surface area contributed by atoms with Gasteiger partial charge in [-0.3, -0.25) is 0 Å². The van der Waals surface area contributed by atoms with Crippen molar-refractivity contribution >= 4 is 9.84 Å². The van der Waals surface area contributed by atoms with E-state index in [2.05, 4.69) is 10.2 Å². The van der Waals surface area contributed by atoms with Gasteiger partial charge < -0.3 is 9.30 Å². The number of rotatable bonds is 4. The minimum atomic E-state index is -3.42. The van der Waals surface area contributed by atoms with Gasteiger partial charge in [0.1, 0.15) is 5.82 Å². The molecule has 6 nitrogen and oxygen atoms in total. The topological polar surface area (TPSA) is 74.1 Å². The van der Waals surface area contributed by atoms with Crippen molar-refractivity contribution in [2.75, 3.05) is 12.4 Å². The number of ether oxygens (including phenoxy) is 1. The maximum Gasteiger partial charge on any atom is 0.249 e. The summed E-state index contributed by atoms with van der Waals surface area (Å²) in [7, 11) is -3.42. The zero-order valence-electron chi connectivity index (χ0n) is 10.8. The van der Waals surface area contributed by atoms with Crippen molar-refractivity contribution < 1.29 is 13.2 Å². The van der Waals surface area contributed by atoms with Crippen molar-refractivity contribution in [2.24, 2.45) is 0 Å². The summed E-state index contributed by atoms with van der Waals surface area (Å²) in [4.78, 5) is 0. The highest BCUT2D eigenvalue weighted by molar-refractivity contribution is 7.91. The van der Waals surface area contributed by atoms with E-state index in [1.807, 2.05) is 6.92 Å². The molecule has 1 aromatic rings. The van der Waals surface area contributed by atoms with Gasteiger partial charge >= 0.3 is 0 Å². The van der Waals surface area contributed by atoms with Crippen molar-refractivity contribution in [3.8, 4) is 0 Å². The Balaban J connectivity index is 2.19. The van der Waals surface area contributed by atoms with Crippen LogP contribution in [0.3, 0.4) is 0 Å². The van der Waals surface area contributed by atoms with E-state index in [-0.39, 0.29) is 17.0 Å². The highest BCUT2D eigenvalue weighted by atomic mass is 32.2. The number of hydrogen-bond donors (Lipinski definition) is 0. The van der Waals surface area contributed by atoms with Crippen molar-refractivity contribution in [1.29, 1.82) is 0 Å².